The highest BCUT2D eigenvalue weighted by atomic mass is 19.1. The van der Waals surface area contributed by atoms with Crippen molar-refractivity contribution in [2.45, 2.75) is 25.3 Å². The Morgan fingerprint density at radius 1 is 1.23 bits per heavy atom. The summed E-state index contributed by atoms with van der Waals surface area (Å²) in [6.45, 7) is 1.20. The first-order chi connectivity index (χ1) is 15.0. The first-order valence-corrected chi connectivity index (χ1v) is 9.97. The molecule has 0 aliphatic carbocycles. The standard InChI is InChI=1S/C21H21F2N5O3/c1-30-20-18(23)19(25-12-26-20)27-5-2-14(3-6-27)21(29)28-17(4-7-31-28)15-8-13(11-24)9-16(22)10-15/h8-10,12,14,17H,2-7H2,1H3/t17-/m0/s1. The molecule has 3 heterocycles. The van der Waals surface area contributed by atoms with Crippen LogP contribution in [0.15, 0.2) is 24.5 Å². The van der Waals surface area contributed by atoms with E-state index in [1.54, 1.807) is 11.0 Å². The number of benzene rings is 1. The van der Waals surface area contributed by atoms with Crippen molar-refractivity contribution in [3.63, 3.8) is 0 Å². The van der Waals surface area contributed by atoms with Gasteiger partial charge >= 0.3 is 0 Å². The van der Waals surface area contributed by atoms with Crippen molar-refractivity contribution in [2.24, 2.45) is 5.92 Å². The van der Waals surface area contributed by atoms with Gasteiger partial charge in [0.05, 0.1) is 31.4 Å². The van der Waals surface area contributed by atoms with E-state index in [2.05, 4.69) is 9.97 Å². The van der Waals surface area contributed by atoms with Crippen LogP contribution in [0.2, 0.25) is 0 Å². The van der Waals surface area contributed by atoms with Crippen molar-refractivity contribution >= 4 is 11.7 Å². The summed E-state index contributed by atoms with van der Waals surface area (Å²) in [5, 5.41) is 10.4. The van der Waals surface area contributed by atoms with Crippen LogP contribution >= 0.6 is 0 Å². The van der Waals surface area contributed by atoms with Gasteiger partial charge in [0.25, 0.3) is 5.88 Å². The smallest absolute Gasteiger partial charge is 0.255 e. The SMILES string of the molecule is COc1ncnc(N2CCC(C(=O)N3OCC[C@H]3c3cc(F)cc(C#N)c3)CC2)c1F. The Morgan fingerprint density at radius 2 is 2.00 bits per heavy atom. The number of aromatic nitrogens is 2. The number of methoxy groups -OCH3 is 1. The first-order valence-electron chi connectivity index (χ1n) is 9.97. The van der Waals surface area contributed by atoms with Crippen LogP contribution in [0.1, 0.15) is 36.4 Å². The quantitative estimate of drug-likeness (QED) is 0.738. The third kappa shape index (κ3) is 4.14. The predicted molar refractivity (Wildman–Crippen MR) is 105 cm³/mol. The molecule has 0 unspecified atom stereocenters. The number of carbonyl (C=O) groups is 1. The molecule has 162 valence electrons. The summed E-state index contributed by atoms with van der Waals surface area (Å²) < 4.78 is 33.2. The molecule has 4 rings (SSSR count). The third-order valence-electron chi connectivity index (χ3n) is 5.63. The summed E-state index contributed by atoms with van der Waals surface area (Å²) in [6, 6.07) is 5.55. The highest BCUT2D eigenvalue weighted by Crippen LogP contribution is 2.35. The highest BCUT2D eigenvalue weighted by molar-refractivity contribution is 5.79. The van der Waals surface area contributed by atoms with Crippen molar-refractivity contribution in [2.75, 3.05) is 31.7 Å². The molecule has 31 heavy (non-hydrogen) atoms. The summed E-state index contributed by atoms with van der Waals surface area (Å²) >= 11 is 0. The second kappa shape index (κ2) is 8.81. The van der Waals surface area contributed by atoms with Crippen LogP contribution in [0.3, 0.4) is 0 Å². The van der Waals surface area contributed by atoms with Gasteiger partial charge in [-0.25, -0.2) is 14.4 Å². The number of ether oxygens (including phenoxy) is 1. The van der Waals surface area contributed by atoms with Crippen molar-refractivity contribution in [1.82, 2.24) is 15.0 Å². The number of nitriles is 1. The van der Waals surface area contributed by atoms with Crippen LogP contribution in [-0.4, -0.2) is 47.7 Å². The summed E-state index contributed by atoms with van der Waals surface area (Å²) in [6.07, 6.45) is 2.74. The minimum atomic E-state index is -0.628. The van der Waals surface area contributed by atoms with Gasteiger partial charge in [-0.05, 0) is 36.6 Å². The molecule has 0 N–H and O–H groups in total. The molecule has 2 fully saturated rings. The molecule has 0 bridgehead atoms. The van der Waals surface area contributed by atoms with Crippen molar-refractivity contribution < 1.29 is 23.1 Å². The minimum Gasteiger partial charge on any atom is -0.479 e. The number of anilines is 1. The van der Waals surface area contributed by atoms with E-state index in [1.807, 2.05) is 6.07 Å². The molecule has 0 radical (unpaired) electrons. The van der Waals surface area contributed by atoms with E-state index < -0.39 is 17.7 Å². The van der Waals surface area contributed by atoms with Crippen LogP contribution in [0.4, 0.5) is 14.6 Å². The van der Waals surface area contributed by atoms with Gasteiger partial charge in [0.1, 0.15) is 12.1 Å². The zero-order valence-electron chi connectivity index (χ0n) is 16.9. The van der Waals surface area contributed by atoms with Crippen LogP contribution in [0, 0.1) is 28.9 Å². The fourth-order valence-corrected chi connectivity index (χ4v) is 4.08. The van der Waals surface area contributed by atoms with E-state index in [4.69, 9.17) is 14.8 Å². The van der Waals surface area contributed by atoms with Crippen LogP contribution < -0.4 is 9.64 Å². The zero-order chi connectivity index (χ0) is 22.0. The average molecular weight is 429 g/mol. The van der Waals surface area contributed by atoms with E-state index in [1.165, 1.54) is 24.6 Å². The number of piperidine rings is 1. The molecule has 1 aromatic heterocycles. The largest absolute Gasteiger partial charge is 0.479 e. The Bertz CT molecular complexity index is 1020. The highest BCUT2D eigenvalue weighted by Gasteiger charge is 2.37. The number of hydrogen-bond donors (Lipinski definition) is 0. The first kappa shape index (κ1) is 20.9. The lowest BCUT2D eigenvalue weighted by Crippen LogP contribution is -2.42. The molecule has 10 heteroatoms. The molecule has 0 saturated carbocycles. The van der Waals surface area contributed by atoms with Gasteiger partial charge in [0, 0.05) is 25.4 Å². The lowest BCUT2D eigenvalue weighted by Gasteiger charge is -2.34. The third-order valence-corrected chi connectivity index (χ3v) is 5.63. The van der Waals surface area contributed by atoms with E-state index in [-0.39, 0.29) is 29.1 Å². The van der Waals surface area contributed by atoms with E-state index >= 15 is 0 Å². The Hall–Kier alpha value is -3.32. The summed E-state index contributed by atoms with van der Waals surface area (Å²) in [5.74, 6) is -1.63. The molecular weight excluding hydrogens is 408 g/mol. The molecule has 0 spiro atoms. The monoisotopic (exact) mass is 429 g/mol. The molecule has 2 aliphatic rings. The van der Waals surface area contributed by atoms with Gasteiger partial charge in [0.15, 0.2) is 5.82 Å². The number of rotatable bonds is 4. The van der Waals surface area contributed by atoms with Gasteiger partial charge < -0.3 is 9.64 Å². The number of hydroxylamine groups is 2. The van der Waals surface area contributed by atoms with E-state index in [0.29, 0.717) is 44.5 Å². The van der Waals surface area contributed by atoms with Crippen molar-refractivity contribution in [3.8, 4) is 11.9 Å². The number of hydrogen-bond acceptors (Lipinski definition) is 7. The zero-order valence-corrected chi connectivity index (χ0v) is 16.9. The molecule has 2 aromatic rings. The molecule has 8 nitrogen and oxygen atoms in total. The predicted octanol–water partition coefficient (Wildman–Crippen LogP) is 2.76. The summed E-state index contributed by atoms with van der Waals surface area (Å²) in [5.41, 5.74) is 0.736. The second-order valence-electron chi connectivity index (χ2n) is 7.47. The van der Waals surface area contributed by atoms with Gasteiger partial charge in [0.2, 0.25) is 11.7 Å². The number of carbonyl (C=O) groups excluding carboxylic acids is 1. The molecule has 2 saturated heterocycles. The van der Waals surface area contributed by atoms with Crippen molar-refractivity contribution in [1.29, 1.82) is 5.26 Å². The topological polar surface area (TPSA) is 91.6 Å². The van der Waals surface area contributed by atoms with Gasteiger partial charge in [-0.1, -0.05) is 0 Å². The average Bonchev–Trinajstić information content (AvgIpc) is 3.28. The summed E-state index contributed by atoms with van der Waals surface area (Å²) in [7, 11) is 1.34. The van der Waals surface area contributed by atoms with E-state index in [0.717, 1.165) is 6.07 Å². The van der Waals surface area contributed by atoms with Crippen LogP contribution in [0.5, 0.6) is 5.88 Å². The Morgan fingerprint density at radius 3 is 2.71 bits per heavy atom. The lowest BCUT2D eigenvalue weighted by atomic mass is 9.94. The Balaban J connectivity index is 1.45. The molecule has 1 atom stereocenters. The molecule has 1 amide bonds. The minimum absolute atomic E-state index is 0.122. The second-order valence-corrected chi connectivity index (χ2v) is 7.47. The lowest BCUT2D eigenvalue weighted by molar-refractivity contribution is -0.182. The van der Waals surface area contributed by atoms with Crippen LogP contribution in [0.25, 0.3) is 0 Å². The fourth-order valence-electron chi connectivity index (χ4n) is 4.08. The van der Waals surface area contributed by atoms with Gasteiger partial charge in [-0.3, -0.25) is 9.63 Å². The fraction of sp³-hybridized carbons (Fsp3) is 0.429. The normalized spacial score (nSPS) is 19.4. The van der Waals surface area contributed by atoms with Gasteiger partial charge in [-0.2, -0.15) is 14.6 Å². The van der Waals surface area contributed by atoms with Gasteiger partial charge in [-0.15, -0.1) is 0 Å². The number of halogens is 2. The Labute approximate surface area is 178 Å². The van der Waals surface area contributed by atoms with Crippen LogP contribution in [-0.2, 0) is 9.63 Å². The van der Waals surface area contributed by atoms with E-state index in [9.17, 15) is 13.6 Å². The summed E-state index contributed by atoms with van der Waals surface area (Å²) in [4.78, 5) is 28.2. The molecule has 2 aliphatic heterocycles. The maximum absolute atomic E-state index is 14.5. The maximum atomic E-state index is 14.5. The van der Waals surface area contributed by atoms with Crippen molar-refractivity contribution in [3.05, 3.63) is 47.3 Å². The maximum Gasteiger partial charge on any atom is 0.255 e. The number of nitrogens with zero attached hydrogens (tertiary/aromatic N) is 5. The Kier molecular flexibility index (Phi) is 5.95. The molecular formula is C21H21F2N5O3. The number of amides is 1. The molecule has 1 aromatic carbocycles.